The minimum Gasteiger partial charge on any atom is -0.375 e. The molecule has 1 heterocycles. The number of nitrogens with two attached hydrogens (primary N) is 1. The first-order chi connectivity index (χ1) is 5.70. The van der Waals surface area contributed by atoms with E-state index in [2.05, 4.69) is 22.7 Å². The predicted molar refractivity (Wildman–Crippen MR) is 52.9 cm³/mol. The van der Waals surface area contributed by atoms with Gasteiger partial charge in [-0.3, -0.25) is 5.43 Å². The molecule has 0 aliphatic rings. The van der Waals surface area contributed by atoms with Crippen molar-refractivity contribution in [3.05, 3.63) is 24.0 Å². The Morgan fingerprint density at radius 2 is 2.58 bits per heavy atom. The van der Waals surface area contributed by atoms with Crippen molar-refractivity contribution in [2.75, 3.05) is 0 Å². The summed E-state index contributed by atoms with van der Waals surface area (Å²) in [5.74, 6) is 0. The average molecular weight is 182 g/mol. The number of aryl methyl sites for hydroxylation is 1. The number of rotatable bonds is 2. The third-order valence-electron chi connectivity index (χ3n) is 1.36. The maximum absolute atomic E-state index is 5.17. The first-order valence-electron chi connectivity index (χ1n) is 3.40. The lowest BCUT2D eigenvalue weighted by Gasteiger charge is -1.95. The molecule has 0 atom stereocenters. The summed E-state index contributed by atoms with van der Waals surface area (Å²) in [6.45, 7) is 0. The molecule has 0 fully saturated rings. The van der Waals surface area contributed by atoms with Crippen molar-refractivity contribution in [2.45, 2.75) is 0 Å². The van der Waals surface area contributed by atoms with Crippen molar-refractivity contribution in [1.82, 2.24) is 9.99 Å². The highest BCUT2D eigenvalue weighted by Crippen LogP contribution is 1.94. The first-order valence-corrected chi connectivity index (χ1v) is 3.81. The van der Waals surface area contributed by atoms with Crippen LogP contribution in [0.3, 0.4) is 0 Å². The zero-order valence-electron chi connectivity index (χ0n) is 6.69. The van der Waals surface area contributed by atoms with Crippen LogP contribution in [0.2, 0.25) is 0 Å². The average Bonchev–Trinajstić information content (AvgIpc) is 2.36. The number of aromatic nitrogens is 1. The van der Waals surface area contributed by atoms with E-state index in [0.717, 1.165) is 5.69 Å². The standard InChI is InChI=1S/C7H10N4S/c1-11-4-2-3-6(11)5-9-10-7(8)12/h2-5H,1H3,(H3,8,10,12). The fraction of sp³-hybridized carbons (Fsp3) is 0.143. The van der Waals surface area contributed by atoms with Crippen LogP contribution in [-0.4, -0.2) is 15.9 Å². The molecule has 0 bridgehead atoms. The molecule has 0 unspecified atom stereocenters. The summed E-state index contributed by atoms with van der Waals surface area (Å²) in [6.07, 6.45) is 3.58. The summed E-state index contributed by atoms with van der Waals surface area (Å²) >= 11 is 4.57. The largest absolute Gasteiger partial charge is 0.375 e. The zero-order chi connectivity index (χ0) is 8.97. The van der Waals surface area contributed by atoms with Crippen molar-refractivity contribution < 1.29 is 0 Å². The van der Waals surface area contributed by atoms with Gasteiger partial charge in [-0.15, -0.1) is 0 Å². The first kappa shape index (κ1) is 8.73. The number of nitrogens with zero attached hydrogens (tertiary/aromatic N) is 2. The van der Waals surface area contributed by atoms with Crippen LogP contribution in [0.5, 0.6) is 0 Å². The summed E-state index contributed by atoms with van der Waals surface area (Å²) < 4.78 is 1.94. The Kier molecular flexibility index (Phi) is 2.82. The molecule has 5 heteroatoms. The Hall–Kier alpha value is -1.36. The third-order valence-corrected chi connectivity index (χ3v) is 1.45. The molecule has 3 N–H and O–H groups in total. The van der Waals surface area contributed by atoms with Crippen molar-refractivity contribution in [1.29, 1.82) is 0 Å². The quantitative estimate of drug-likeness (QED) is 0.390. The molecular weight excluding hydrogens is 172 g/mol. The molecule has 0 saturated carbocycles. The van der Waals surface area contributed by atoms with Gasteiger partial charge in [0.25, 0.3) is 0 Å². The lowest BCUT2D eigenvalue weighted by Crippen LogP contribution is -2.24. The van der Waals surface area contributed by atoms with Gasteiger partial charge in [-0.2, -0.15) is 5.10 Å². The van der Waals surface area contributed by atoms with E-state index in [1.807, 2.05) is 29.9 Å². The van der Waals surface area contributed by atoms with Gasteiger partial charge in [0.1, 0.15) is 0 Å². The summed E-state index contributed by atoms with van der Waals surface area (Å²) in [5.41, 5.74) is 8.63. The van der Waals surface area contributed by atoms with Gasteiger partial charge in [0, 0.05) is 13.2 Å². The maximum Gasteiger partial charge on any atom is 0.184 e. The molecule has 0 aliphatic carbocycles. The van der Waals surface area contributed by atoms with Gasteiger partial charge in [0.05, 0.1) is 11.9 Å². The highest BCUT2D eigenvalue weighted by molar-refractivity contribution is 7.80. The Labute approximate surface area is 76.1 Å². The van der Waals surface area contributed by atoms with E-state index in [4.69, 9.17) is 5.73 Å². The van der Waals surface area contributed by atoms with Gasteiger partial charge in [-0.25, -0.2) is 0 Å². The fourth-order valence-corrected chi connectivity index (χ4v) is 0.823. The predicted octanol–water partition coefficient (Wildman–Crippen LogP) is 0.192. The summed E-state index contributed by atoms with van der Waals surface area (Å²) in [7, 11) is 1.93. The van der Waals surface area contributed by atoms with Gasteiger partial charge in [-0.1, -0.05) is 0 Å². The lowest BCUT2D eigenvalue weighted by molar-refractivity contribution is 0.914. The van der Waals surface area contributed by atoms with Gasteiger partial charge >= 0.3 is 0 Å². The van der Waals surface area contributed by atoms with Crippen LogP contribution in [0.4, 0.5) is 0 Å². The molecule has 1 rings (SSSR count). The molecule has 64 valence electrons. The van der Waals surface area contributed by atoms with E-state index in [9.17, 15) is 0 Å². The van der Waals surface area contributed by atoms with Crippen LogP contribution >= 0.6 is 12.2 Å². The molecule has 12 heavy (non-hydrogen) atoms. The topological polar surface area (TPSA) is 55.3 Å². The summed E-state index contributed by atoms with van der Waals surface area (Å²) in [6, 6.07) is 3.87. The van der Waals surface area contributed by atoms with Crippen LogP contribution in [0.1, 0.15) is 5.69 Å². The Bertz CT molecular complexity index is 302. The maximum atomic E-state index is 5.17. The molecule has 0 aliphatic heterocycles. The second-order valence-corrected chi connectivity index (χ2v) is 2.72. The summed E-state index contributed by atoms with van der Waals surface area (Å²) in [5, 5.41) is 3.98. The zero-order valence-corrected chi connectivity index (χ0v) is 7.51. The van der Waals surface area contributed by atoms with Gasteiger partial charge in [0.2, 0.25) is 0 Å². The van der Waals surface area contributed by atoms with Crippen LogP contribution in [0, 0.1) is 0 Å². The molecule has 4 nitrogen and oxygen atoms in total. The third kappa shape index (κ3) is 2.35. The number of hydrazone groups is 1. The summed E-state index contributed by atoms with van der Waals surface area (Å²) in [4.78, 5) is 0. The van der Waals surface area contributed by atoms with Crippen LogP contribution in [0.25, 0.3) is 0 Å². The minimum atomic E-state index is 0.167. The Morgan fingerprint density at radius 1 is 1.83 bits per heavy atom. The van der Waals surface area contributed by atoms with E-state index in [1.165, 1.54) is 0 Å². The van der Waals surface area contributed by atoms with E-state index in [-0.39, 0.29) is 5.11 Å². The highest BCUT2D eigenvalue weighted by Gasteiger charge is 1.90. The van der Waals surface area contributed by atoms with Gasteiger partial charge in [0.15, 0.2) is 5.11 Å². The van der Waals surface area contributed by atoms with Crippen LogP contribution in [0.15, 0.2) is 23.4 Å². The normalized spacial score (nSPS) is 10.4. The molecule has 0 saturated heterocycles. The number of nitrogens with one attached hydrogen (secondary N) is 1. The molecule has 0 aromatic carbocycles. The van der Waals surface area contributed by atoms with E-state index in [0.29, 0.717) is 0 Å². The molecule has 0 spiro atoms. The fourth-order valence-electron chi connectivity index (χ4n) is 0.770. The van der Waals surface area contributed by atoms with Crippen LogP contribution in [-0.2, 0) is 7.05 Å². The smallest absolute Gasteiger partial charge is 0.184 e. The lowest BCUT2D eigenvalue weighted by atomic mass is 10.5. The van der Waals surface area contributed by atoms with E-state index < -0.39 is 0 Å². The van der Waals surface area contributed by atoms with Crippen LogP contribution < -0.4 is 11.2 Å². The number of hydrogen-bond acceptors (Lipinski definition) is 2. The Balaban J connectivity index is 2.57. The van der Waals surface area contributed by atoms with Crippen molar-refractivity contribution in [3.63, 3.8) is 0 Å². The molecule has 0 radical (unpaired) electrons. The minimum absolute atomic E-state index is 0.167. The molecular formula is C7H10N4S. The van der Waals surface area contributed by atoms with Crippen molar-refractivity contribution in [2.24, 2.45) is 17.9 Å². The second-order valence-electron chi connectivity index (χ2n) is 2.28. The number of hydrogen-bond donors (Lipinski definition) is 2. The van der Waals surface area contributed by atoms with E-state index >= 15 is 0 Å². The highest BCUT2D eigenvalue weighted by atomic mass is 32.1. The monoisotopic (exact) mass is 182 g/mol. The van der Waals surface area contributed by atoms with Gasteiger partial charge in [-0.05, 0) is 24.4 Å². The van der Waals surface area contributed by atoms with Crippen molar-refractivity contribution in [3.8, 4) is 0 Å². The molecule has 0 amide bonds. The SMILES string of the molecule is Cn1cccc1C=NNC(N)=S. The van der Waals surface area contributed by atoms with Gasteiger partial charge < -0.3 is 10.3 Å². The molecule has 1 aromatic rings. The second kappa shape index (κ2) is 3.87. The van der Waals surface area contributed by atoms with Crippen molar-refractivity contribution >= 4 is 23.5 Å². The van der Waals surface area contributed by atoms with E-state index in [1.54, 1.807) is 6.21 Å². The molecule has 1 aromatic heterocycles. The number of thiocarbonyl (C=S) groups is 1. The Morgan fingerprint density at radius 3 is 3.08 bits per heavy atom.